The van der Waals surface area contributed by atoms with Crippen molar-refractivity contribution < 1.29 is 9.18 Å². The number of carbonyl (C=O) groups excluding carboxylic acids is 1. The molecule has 0 aromatic heterocycles. The van der Waals surface area contributed by atoms with Gasteiger partial charge in [-0.1, -0.05) is 20.8 Å². The molecule has 18 heavy (non-hydrogen) atoms. The van der Waals surface area contributed by atoms with Crippen molar-refractivity contribution >= 4 is 39.9 Å². The maximum absolute atomic E-state index is 13.0. The zero-order valence-electron chi connectivity index (χ0n) is 10.5. The Kier molecular flexibility index (Phi) is 6.26. The maximum Gasteiger partial charge on any atom is 0.241 e. The average Bonchev–Trinajstić information content (AvgIpc) is 2.21. The third-order valence-electron chi connectivity index (χ3n) is 2.40. The molecule has 1 amide bonds. The fraction of sp³-hybridized carbons (Fsp3) is 0.417. The van der Waals surface area contributed by atoms with Crippen LogP contribution in [0.5, 0.6) is 0 Å². The minimum Gasteiger partial charge on any atom is -0.325 e. The molecule has 0 saturated carbocycles. The van der Waals surface area contributed by atoms with Gasteiger partial charge in [0, 0.05) is 5.69 Å². The molecule has 1 aromatic rings. The van der Waals surface area contributed by atoms with E-state index in [-0.39, 0.29) is 29.5 Å². The molecule has 3 N–H and O–H groups in total. The van der Waals surface area contributed by atoms with E-state index in [1.54, 1.807) is 0 Å². The van der Waals surface area contributed by atoms with Crippen LogP contribution in [0.2, 0.25) is 0 Å². The highest BCUT2D eigenvalue weighted by Gasteiger charge is 2.27. The molecule has 0 saturated heterocycles. The molecule has 6 heteroatoms. The number of hydrogen-bond donors (Lipinski definition) is 2. The Labute approximate surface area is 121 Å². The average molecular weight is 340 g/mol. The first-order valence-electron chi connectivity index (χ1n) is 5.23. The Bertz CT molecular complexity index is 435. The first kappa shape index (κ1) is 17.4. The van der Waals surface area contributed by atoms with Crippen molar-refractivity contribution in [3.05, 3.63) is 28.5 Å². The summed E-state index contributed by atoms with van der Waals surface area (Å²) in [5.74, 6) is -0.654. The van der Waals surface area contributed by atoms with Crippen LogP contribution in [-0.2, 0) is 4.79 Å². The molecule has 0 fully saturated rings. The standard InChI is InChI=1S/C12H16BrFN2O.ClH/c1-12(2,3)10(15)11(17)16-7-4-5-9(14)8(13)6-7;/h4-6,10H,15H2,1-3H3,(H,16,17);1H/t10-;/m1./s1. The Morgan fingerprint density at radius 3 is 2.44 bits per heavy atom. The van der Waals surface area contributed by atoms with Gasteiger partial charge in [0.1, 0.15) is 5.82 Å². The molecular weight excluding hydrogens is 322 g/mol. The molecule has 0 bridgehead atoms. The predicted octanol–water partition coefficient (Wildman–Crippen LogP) is 3.32. The van der Waals surface area contributed by atoms with Gasteiger partial charge in [-0.05, 0) is 39.5 Å². The van der Waals surface area contributed by atoms with E-state index in [9.17, 15) is 9.18 Å². The van der Waals surface area contributed by atoms with Crippen molar-refractivity contribution in [3.63, 3.8) is 0 Å². The van der Waals surface area contributed by atoms with E-state index in [4.69, 9.17) is 5.73 Å². The third-order valence-corrected chi connectivity index (χ3v) is 3.01. The van der Waals surface area contributed by atoms with Crippen molar-refractivity contribution in [1.82, 2.24) is 0 Å². The topological polar surface area (TPSA) is 55.1 Å². The third kappa shape index (κ3) is 4.55. The van der Waals surface area contributed by atoms with Gasteiger partial charge in [0.05, 0.1) is 10.5 Å². The van der Waals surface area contributed by atoms with Crippen LogP contribution in [0.15, 0.2) is 22.7 Å². The number of nitrogens with one attached hydrogen (secondary N) is 1. The maximum atomic E-state index is 13.0. The summed E-state index contributed by atoms with van der Waals surface area (Å²) in [5.41, 5.74) is 6.01. The van der Waals surface area contributed by atoms with Crippen LogP contribution in [0.3, 0.4) is 0 Å². The van der Waals surface area contributed by atoms with Gasteiger partial charge in [-0.15, -0.1) is 12.4 Å². The van der Waals surface area contributed by atoms with Crippen LogP contribution in [0.4, 0.5) is 10.1 Å². The number of benzene rings is 1. The van der Waals surface area contributed by atoms with Crippen LogP contribution >= 0.6 is 28.3 Å². The lowest BCUT2D eigenvalue weighted by Gasteiger charge is -2.25. The highest BCUT2D eigenvalue weighted by atomic mass is 79.9. The second kappa shape index (κ2) is 6.50. The molecule has 0 spiro atoms. The van der Waals surface area contributed by atoms with Crippen molar-refractivity contribution in [3.8, 4) is 0 Å². The SMILES string of the molecule is CC(C)(C)[C@H](N)C(=O)Nc1ccc(F)c(Br)c1.Cl. The van der Waals surface area contributed by atoms with Gasteiger partial charge in [-0.3, -0.25) is 4.79 Å². The minimum atomic E-state index is -0.619. The molecule has 0 aliphatic rings. The summed E-state index contributed by atoms with van der Waals surface area (Å²) in [7, 11) is 0. The lowest BCUT2D eigenvalue weighted by atomic mass is 9.87. The zero-order chi connectivity index (χ0) is 13.2. The molecule has 0 aliphatic heterocycles. The van der Waals surface area contributed by atoms with Crippen LogP contribution in [-0.4, -0.2) is 11.9 Å². The van der Waals surface area contributed by atoms with E-state index in [1.165, 1.54) is 18.2 Å². The molecule has 0 radical (unpaired) electrons. The Hall–Kier alpha value is -0.650. The van der Waals surface area contributed by atoms with Gasteiger partial charge >= 0.3 is 0 Å². The fourth-order valence-corrected chi connectivity index (χ4v) is 1.57. The van der Waals surface area contributed by atoms with Crippen LogP contribution in [0.25, 0.3) is 0 Å². The molecule has 0 heterocycles. The van der Waals surface area contributed by atoms with E-state index in [1.807, 2.05) is 20.8 Å². The van der Waals surface area contributed by atoms with Gasteiger partial charge in [0.15, 0.2) is 0 Å². The summed E-state index contributed by atoms with van der Waals surface area (Å²) < 4.78 is 13.3. The van der Waals surface area contributed by atoms with Crippen LogP contribution in [0.1, 0.15) is 20.8 Å². The summed E-state index contributed by atoms with van der Waals surface area (Å²) in [4.78, 5) is 11.8. The Balaban J connectivity index is 0.00000289. The zero-order valence-corrected chi connectivity index (χ0v) is 12.9. The van der Waals surface area contributed by atoms with Gasteiger partial charge in [-0.2, -0.15) is 0 Å². The molecule has 102 valence electrons. The summed E-state index contributed by atoms with van der Waals surface area (Å²) in [6.07, 6.45) is 0. The Morgan fingerprint density at radius 1 is 1.44 bits per heavy atom. The smallest absolute Gasteiger partial charge is 0.241 e. The van der Waals surface area contributed by atoms with Crippen molar-refractivity contribution in [2.45, 2.75) is 26.8 Å². The molecule has 1 atom stereocenters. The lowest BCUT2D eigenvalue weighted by molar-refractivity contribution is -0.119. The normalized spacial score (nSPS) is 12.6. The largest absolute Gasteiger partial charge is 0.325 e. The Morgan fingerprint density at radius 2 is 2.00 bits per heavy atom. The second-order valence-corrected chi connectivity index (χ2v) is 5.82. The number of rotatable bonds is 2. The highest BCUT2D eigenvalue weighted by Crippen LogP contribution is 2.22. The van der Waals surface area contributed by atoms with E-state index >= 15 is 0 Å². The first-order valence-corrected chi connectivity index (χ1v) is 6.02. The fourth-order valence-electron chi connectivity index (χ4n) is 1.19. The molecular formula is C12H17BrClFN2O. The van der Waals surface area contributed by atoms with E-state index in [2.05, 4.69) is 21.2 Å². The number of nitrogens with two attached hydrogens (primary N) is 1. The van der Waals surface area contributed by atoms with Crippen molar-refractivity contribution in [2.75, 3.05) is 5.32 Å². The molecule has 3 nitrogen and oxygen atoms in total. The van der Waals surface area contributed by atoms with Gasteiger partial charge < -0.3 is 11.1 Å². The summed E-state index contributed by atoms with van der Waals surface area (Å²) in [6, 6.07) is 3.66. The number of carbonyl (C=O) groups is 1. The quantitative estimate of drug-likeness (QED) is 0.868. The van der Waals surface area contributed by atoms with Crippen molar-refractivity contribution in [1.29, 1.82) is 0 Å². The summed E-state index contributed by atoms with van der Waals surface area (Å²) in [5, 5.41) is 2.66. The minimum absolute atomic E-state index is 0. The van der Waals surface area contributed by atoms with Gasteiger partial charge in [-0.25, -0.2) is 4.39 Å². The van der Waals surface area contributed by atoms with Gasteiger partial charge in [0.25, 0.3) is 0 Å². The molecule has 1 aromatic carbocycles. The number of halogens is 3. The van der Waals surface area contributed by atoms with E-state index < -0.39 is 6.04 Å². The van der Waals surface area contributed by atoms with Crippen LogP contribution < -0.4 is 11.1 Å². The highest BCUT2D eigenvalue weighted by molar-refractivity contribution is 9.10. The van der Waals surface area contributed by atoms with Crippen molar-refractivity contribution in [2.24, 2.45) is 11.1 Å². The lowest BCUT2D eigenvalue weighted by Crippen LogP contribution is -2.45. The number of anilines is 1. The van der Waals surface area contributed by atoms with E-state index in [0.29, 0.717) is 10.2 Å². The summed E-state index contributed by atoms with van der Waals surface area (Å²) >= 11 is 3.05. The van der Waals surface area contributed by atoms with Gasteiger partial charge in [0.2, 0.25) is 5.91 Å². The summed E-state index contributed by atoms with van der Waals surface area (Å²) in [6.45, 7) is 5.66. The molecule has 1 rings (SSSR count). The predicted molar refractivity (Wildman–Crippen MR) is 77.4 cm³/mol. The molecule has 0 aliphatic carbocycles. The molecule has 0 unspecified atom stereocenters. The van der Waals surface area contributed by atoms with Crippen LogP contribution in [0, 0.1) is 11.2 Å². The first-order chi connectivity index (χ1) is 7.71. The van der Waals surface area contributed by atoms with E-state index in [0.717, 1.165) is 0 Å². The number of amides is 1. The second-order valence-electron chi connectivity index (χ2n) is 4.96. The monoisotopic (exact) mass is 338 g/mol. The number of hydrogen-bond acceptors (Lipinski definition) is 2.